The van der Waals surface area contributed by atoms with Gasteiger partial charge < -0.3 is 19.1 Å². The fraction of sp³-hybridized carbons (Fsp3) is 0.500. The summed E-state index contributed by atoms with van der Waals surface area (Å²) in [6.45, 7) is 3.80. The minimum absolute atomic E-state index is 0.108. The van der Waals surface area contributed by atoms with Crippen LogP contribution in [0.4, 0.5) is 5.95 Å². The standard InChI is InChI=1S/C20H25N5O3/c26-18(16-7-8-21-20(22-16)25-9-3-1-2-4-10-25)23-11-13-24(14-12-23)19(27)17-6-5-15-28-17/h5-8,15H,1-4,9-14H2. The number of nitrogens with zero attached hydrogens (tertiary/aromatic N) is 5. The number of carbonyl (C=O) groups is 2. The molecular weight excluding hydrogens is 358 g/mol. The highest BCUT2D eigenvalue weighted by atomic mass is 16.3. The van der Waals surface area contributed by atoms with Gasteiger partial charge in [0.15, 0.2) is 5.76 Å². The second kappa shape index (κ2) is 8.41. The lowest BCUT2D eigenvalue weighted by atomic mass is 10.2. The molecule has 4 heterocycles. The van der Waals surface area contributed by atoms with Crippen LogP contribution in [-0.2, 0) is 0 Å². The van der Waals surface area contributed by atoms with E-state index in [0.29, 0.717) is 43.6 Å². The van der Waals surface area contributed by atoms with Crippen LogP contribution in [0.5, 0.6) is 0 Å². The van der Waals surface area contributed by atoms with Crippen molar-refractivity contribution in [1.29, 1.82) is 0 Å². The Morgan fingerprint density at radius 2 is 1.54 bits per heavy atom. The zero-order valence-electron chi connectivity index (χ0n) is 15.9. The molecule has 0 saturated carbocycles. The first-order chi connectivity index (χ1) is 13.7. The van der Waals surface area contributed by atoms with Gasteiger partial charge in [-0.15, -0.1) is 0 Å². The number of rotatable bonds is 3. The molecule has 0 radical (unpaired) electrons. The third kappa shape index (κ3) is 4.00. The molecule has 0 atom stereocenters. The molecule has 0 bridgehead atoms. The fourth-order valence-corrected chi connectivity index (χ4v) is 3.72. The summed E-state index contributed by atoms with van der Waals surface area (Å²) >= 11 is 0. The van der Waals surface area contributed by atoms with E-state index in [1.165, 1.54) is 19.1 Å². The van der Waals surface area contributed by atoms with E-state index in [0.717, 1.165) is 25.9 Å². The van der Waals surface area contributed by atoms with Crippen LogP contribution in [0.2, 0.25) is 0 Å². The lowest BCUT2D eigenvalue weighted by molar-refractivity contribution is 0.0515. The lowest BCUT2D eigenvalue weighted by Crippen LogP contribution is -2.50. The first-order valence-corrected chi connectivity index (χ1v) is 9.92. The summed E-state index contributed by atoms with van der Waals surface area (Å²) in [5, 5.41) is 0. The number of furan rings is 1. The van der Waals surface area contributed by atoms with E-state index in [-0.39, 0.29) is 11.8 Å². The van der Waals surface area contributed by atoms with E-state index < -0.39 is 0 Å². The largest absolute Gasteiger partial charge is 0.459 e. The summed E-state index contributed by atoms with van der Waals surface area (Å²) in [5.41, 5.74) is 0.417. The Labute approximate surface area is 164 Å². The Morgan fingerprint density at radius 3 is 2.18 bits per heavy atom. The highest BCUT2D eigenvalue weighted by Crippen LogP contribution is 2.17. The summed E-state index contributed by atoms with van der Waals surface area (Å²) in [5.74, 6) is 0.725. The number of amides is 2. The van der Waals surface area contributed by atoms with Gasteiger partial charge in [-0.3, -0.25) is 9.59 Å². The van der Waals surface area contributed by atoms with Crippen molar-refractivity contribution in [2.45, 2.75) is 25.7 Å². The maximum Gasteiger partial charge on any atom is 0.289 e. The molecule has 2 fully saturated rings. The van der Waals surface area contributed by atoms with Crippen molar-refractivity contribution in [3.05, 3.63) is 42.1 Å². The van der Waals surface area contributed by atoms with Crippen LogP contribution < -0.4 is 4.90 Å². The van der Waals surface area contributed by atoms with Gasteiger partial charge >= 0.3 is 0 Å². The Morgan fingerprint density at radius 1 is 0.857 bits per heavy atom. The van der Waals surface area contributed by atoms with E-state index in [2.05, 4.69) is 14.9 Å². The summed E-state index contributed by atoms with van der Waals surface area (Å²) < 4.78 is 5.18. The lowest BCUT2D eigenvalue weighted by Gasteiger charge is -2.34. The van der Waals surface area contributed by atoms with Gasteiger partial charge in [0.2, 0.25) is 5.95 Å². The summed E-state index contributed by atoms with van der Waals surface area (Å²) in [7, 11) is 0. The molecule has 2 aromatic rings. The van der Waals surface area contributed by atoms with Crippen LogP contribution in [-0.4, -0.2) is 70.9 Å². The molecule has 2 aliphatic rings. The quantitative estimate of drug-likeness (QED) is 0.807. The third-order valence-electron chi connectivity index (χ3n) is 5.34. The first-order valence-electron chi connectivity index (χ1n) is 9.92. The minimum Gasteiger partial charge on any atom is -0.459 e. The predicted octanol–water partition coefficient (Wildman–Crippen LogP) is 2.05. The third-order valence-corrected chi connectivity index (χ3v) is 5.34. The van der Waals surface area contributed by atoms with Gasteiger partial charge in [-0.2, -0.15) is 0 Å². The SMILES string of the molecule is O=C(c1ccnc(N2CCCCCC2)n1)N1CCN(C(=O)c2ccco2)CC1. The molecule has 2 amide bonds. The second-order valence-corrected chi connectivity index (χ2v) is 7.20. The van der Waals surface area contributed by atoms with Crippen molar-refractivity contribution in [2.24, 2.45) is 0 Å². The molecule has 0 N–H and O–H groups in total. The summed E-state index contributed by atoms with van der Waals surface area (Å²) in [6, 6.07) is 5.03. The van der Waals surface area contributed by atoms with Crippen LogP contribution >= 0.6 is 0 Å². The molecule has 8 heteroatoms. The summed E-state index contributed by atoms with van der Waals surface area (Å²) in [6.07, 6.45) is 7.88. The number of anilines is 1. The number of piperazine rings is 1. The topological polar surface area (TPSA) is 82.8 Å². The highest BCUT2D eigenvalue weighted by Gasteiger charge is 2.27. The van der Waals surface area contributed by atoms with Crippen molar-refractivity contribution in [1.82, 2.24) is 19.8 Å². The zero-order valence-corrected chi connectivity index (χ0v) is 15.9. The van der Waals surface area contributed by atoms with E-state index in [4.69, 9.17) is 4.42 Å². The van der Waals surface area contributed by atoms with Gasteiger partial charge in [-0.1, -0.05) is 12.8 Å². The Balaban J connectivity index is 1.38. The first kappa shape index (κ1) is 18.5. The van der Waals surface area contributed by atoms with Gasteiger partial charge in [0, 0.05) is 45.5 Å². The van der Waals surface area contributed by atoms with E-state index in [1.54, 1.807) is 34.2 Å². The van der Waals surface area contributed by atoms with E-state index in [9.17, 15) is 9.59 Å². The van der Waals surface area contributed by atoms with E-state index in [1.807, 2.05) is 0 Å². The molecule has 2 aromatic heterocycles. The van der Waals surface area contributed by atoms with Crippen LogP contribution in [0.3, 0.4) is 0 Å². The van der Waals surface area contributed by atoms with Gasteiger partial charge in [0.25, 0.3) is 11.8 Å². The molecule has 0 unspecified atom stereocenters. The van der Waals surface area contributed by atoms with Crippen LogP contribution in [0.1, 0.15) is 46.7 Å². The van der Waals surface area contributed by atoms with Crippen LogP contribution in [0, 0.1) is 0 Å². The maximum atomic E-state index is 12.9. The predicted molar refractivity (Wildman–Crippen MR) is 103 cm³/mol. The normalized spacial score (nSPS) is 18.1. The molecule has 8 nitrogen and oxygen atoms in total. The number of carbonyl (C=O) groups excluding carboxylic acids is 2. The summed E-state index contributed by atoms with van der Waals surface area (Å²) in [4.78, 5) is 39.8. The average molecular weight is 383 g/mol. The smallest absolute Gasteiger partial charge is 0.289 e. The van der Waals surface area contributed by atoms with Crippen molar-refractivity contribution >= 4 is 17.8 Å². The molecule has 2 aliphatic heterocycles. The molecule has 28 heavy (non-hydrogen) atoms. The molecule has 0 aliphatic carbocycles. The van der Waals surface area contributed by atoms with Crippen molar-refractivity contribution < 1.29 is 14.0 Å². The Bertz CT molecular complexity index is 807. The average Bonchev–Trinajstić information content (AvgIpc) is 3.15. The van der Waals surface area contributed by atoms with Gasteiger partial charge in [0.05, 0.1) is 6.26 Å². The van der Waals surface area contributed by atoms with Gasteiger partial charge in [-0.25, -0.2) is 9.97 Å². The molecule has 2 saturated heterocycles. The second-order valence-electron chi connectivity index (χ2n) is 7.20. The fourth-order valence-electron chi connectivity index (χ4n) is 3.72. The van der Waals surface area contributed by atoms with Crippen LogP contribution in [0.25, 0.3) is 0 Å². The highest BCUT2D eigenvalue weighted by molar-refractivity contribution is 5.93. The monoisotopic (exact) mass is 383 g/mol. The molecule has 0 spiro atoms. The van der Waals surface area contributed by atoms with Gasteiger partial charge in [0.1, 0.15) is 5.69 Å². The molecule has 148 valence electrons. The number of hydrogen-bond donors (Lipinski definition) is 0. The van der Waals surface area contributed by atoms with Crippen molar-refractivity contribution in [3.63, 3.8) is 0 Å². The van der Waals surface area contributed by atoms with Crippen molar-refractivity contribution in [2.75, 3.05) is 44.2 Å². The molecule has 0 aromatic carbocycles. The Hall–Kier alpha value is -2.90. The molecular formula is C20H25N5O3. The maximum absolute atomic E-state index is 12.9. The number of aromatic nitrogens is 2. The zero-order chi connectivity index (χ0) is 19.3. The minimum atomic E-state index is -0.136. The molecule has 4 rings (SSSR count). The van der Waals surface area contributed by atoms with Gasteiger partial charge in [-0.05, 0) is 31.0 Å². The van der Waals surface area contributed by atoms with Crippen molar-refractivity contribution in [3.8, 4) is 0 Å². The van der Waals surface area contributed by atoms with Crippen LogP contribution in [0.15, 0.2) is 35.1 Å². The number of hydrogen-bond acceptors (Lipinski definition) is 6. The van der Waals surface area contributed by atoms with E-state index >= 15 is 0 Å². The Kier molecular flexibility index (Phi) is 5.55.